The zero-order chi connectivity index (χ0) is 14.1. The molecule has 1 heterocycles. The molecule has 19 heavy (non-hydrogen) atoms. The van der Waals surface area contributed by atoms with Gasteiger partial charge in [0.15, 0.2) is 0 Å². The molecule has 0 bridgehead atoms. The minimum absolute atomic E-state index is 0.0906. The Morgan fingerprint density at radius 1 is 1.32 bits per heavy atom. The SMILES string of the molecule is COc1ccc(CNCCCOCC(F)(F)F)cn1. The smallest absolute Gasteiger partial charge is 0.411 e. The molecule has 108 valence electrons. The first-order chi connectivity index (χ1) is 9.01. The van der Waals surface area contributed by atoms with Gasteiger partial charge in [-0.15, -0.1) is 0 Å². The molecule has 1 rings (SSSR count). The van der Waals surface area contributed by atoms with E-state index in [-0.39, 0.29) is 6.61 Å². The fourth-order valence-electron chi connectivity index (χ4n) is 1.36. The Kier molecular flexibility index (Phi) is 6.58. The third kappa shape index (κ3) is 7.63. The van der Waals surface area contributed by atoms with E-state index < -0.39 is 12.8 Å². The van der Waals surface area contributed by atoms with Gasteiger partial charge in [-0.3, -0.25) is 0 Å². The predicted octanol–water partition coefficient (Wildman–Crippen LogP) is 2.15. The number of methoxy groups -OCH3 is 1. The van der Waals surface area contributed by atoms with Crippen LogP contribution in [0.4, 0.5) is 13.2 Å². The monoisotopic (exact) mass is 278 g/mol. The molecule has 0 amide bonds. The van der Waals surface area contributed by atoms with Crippen molar-refractivity contribution in [3.63, 3.8) is 0 Å². The van der Waals surface area contributed by atoms with Crippen LogP contribution in [0.1, 0.15) is 12.0 Å². The number of ether oxygens (including phenoxy) is 2. The number of rotatable bonds is 8. The minimum atomic E-state index is -4.25. The van der Waals surface area contributed by atoms with Crippen LogP contribution in [0.3, 0.4) is 0 Å². The van der Waals surface area contributed by atoms with Crippen LogP contribution in [0, 0.1) is 0 Å². The first-order valence-corrected chi connectivity index (χ1v) is 5.85. The Labute approximate surface area is 109 Å². The molecule has 4 nitrogen and oxygen atoms in total. The lowest BCUT2D eigenvalue weighted by atomic mass is 10.3. The highest BCUT2D eigenvalue weighted by Crippen LogP contribution is 2.14. The summed E-state index contributed by atoms with van der Waals surface area (Å²) >= 11 is 0. The molecule has 0 unspecified atom stereocenters. The second kappa shape index (κ2) is 7.96. The maximum absolute atomic E-state index is 11.8. The lowest BCUT2D eigenvalue weighted by Gasteiger charge is -2.08. The molecule has 0 atom stereocenters. The Morgan fingerprint density at radius 2 is 2.11 bits per heavy atom. The lowest BCUT2D eigenvalue weighted by molar-refractivity contribution is -0.173. The van der Waals surface area contributed by atoms with Gasteiger partial charge >= 0.3 is 6.18 Å². The largest absolute Gasteiger partial charge is 0.481 e. The zero-order valence-electron chi connectivity index (χ0n) is 10.7. The highest BCUT2D eigenvalue weighted by molar-refractivity contribution is 5.17. The van der Waals surface area contributed by atoms with Crippen molar-refractivity contribution in [3.05, 3.63) is 23.9 Å². The van der Waals surface area contributed by atoms with Crippen LogP contribution in [0.2, 0.25) is 0 Å². The van der Waals surface area contributed by atoms with E-state index >= 15 is 0 Å². The van der Waals surface area contributed by atoms with Gasteiger partial charge < -0.3 is 14.8 Å². The van der Waals surface area contributed by atoms with Gasteiger partial charge in [-0.1, -0.05) is 6.07 Å². The Hall–Kier alpha value is -1.34. The molecule has 0 radical (unpaired) electrons. The number of aromatic nitrogens is 1. The molecule has 1 aromatic rings. The van der Waals surface area contributed by atoms with E-state index in [9.17, 15) is 13.2 Å². The van der Waals surface area contributed by atoms with Gasteiger partial charge in [0, 0.05) is 25.4 Å². The summed E-state index contributed by atoms with van der Waals surface area (Å²) in [7, 11) is 1.54. The van der Waals surface area contributed by atoms with Crippen molar-refractivity contribution >= 4 is 0 Å². The summed E-state index contributed by atoms with van der Waals surface area (Å²) in [5.41, 5.74) is 0.983. The van der Waals surface area contributed by atoms with Gasteiger partial charge in [0.1, 0.15) is 6.61 Å². The van der Waals surface area contributed by atoms with Gasteiger partial charge in [-0.25, -0.2) is 4.98 Å². The standard InChI is InChI=1S/C12H17F3N2O2/c1-18-11-4-3-10(8-17-11)7-16-5-2-6-19-9-12(13,14)15/h3-4,8,16H,2,5-7,9H2,1H3. The molecule has 1 aromatic heterocycles. The number of hydrogen-bond acceptors (Lipinski definition) is 4. The van der Waals surface area contributed by atoms with Gasteiger partial charge in [0.05, 0.1) is 7.11 Å². The Bertz CT molecular complexity index is 355. The number of nitrogens with one attached hydrogen (secondary N) is 1. The lowest BCUT2D eigenvalue weighted by Crippen LogP contribution is -2.20. The summed E-state index contributed by atoms with van der Waals surface area (Å²) in [5.74, 6) is 0.546. The highest BCUT2D eigenvalue weighted by Gasteiger charge is 2.27. The van der Waals surface area contributed by atoms with Crippen LogP contribution < -0.4 is 10.1 Å². The number of alkyl halides is 3. The van der Waals surface area contributed by atoms with Gasteiger partial charge in [0.2, 0.25) is 5.88 Å². The van der Waals surface area contributed by atoms with Crippen molar-refractivity contribution in [1.29, 1.82) is 0 Å². The van der Waals surface area contributed by atoms with E-state index in [1.165, 1.54) is 0 Å². The molecule has 0 saturated carbocycles. The van der Waals surface area contributed by atoms with Gasteiger partial charge in [-0.05, 0) is 18.5 Å². The van der Waals surface area contributed by atoms with E-state index in [0.717, 1.165) is 5.56 Å². The summed E-state index contributed by atoms with van der Waals surface area (Å²) in [6, 6.07) is 3.63. The van der Waals surface area contributed by atoms with E-state index in [0.29, 0.717) is 25.4 Å². The maximum atomic E-state index is 11.8. The average molecular weight is 278 g/mol. The van der Waals surface area contributed by atoms with E-state index in [4.69, 9.17) is 4.74 Å². The first kappa shape index (κ1) is 15.7. The van der Waals surface area contributed by atoms with Crippen LogP contribution in [0.15, 0.2) is 18.3 Å². The van der Waals surface area contributed by atoms with E-state index in [1.54, 1.807) is 19.4 Å². The molecule has 0 aliphatic heterocycles. The minimum Gasteiger partial charge on any atom is -0.481 e. The summed E-state index contributed by atoms with van der Waals surface area (Å²) in [5, 5.41) is 3.09. The molecule has 0 aliphatic carbocycles. The van der Waals surface area contributed by atoms with Crippen LogP contribution in [0.5, 0.6) is 5.88 Å². The van der Waals surface area contributed by atoms with Crippen LogP contribution in [-0.4, -0.2) is 38.0 Å². The van der Waals surface area contributed by atoms with Crippen LogP contribution in [-0.2, 0) is 11.3 Å². The molecule has 0 fully saturated rings. The second-order valence-electron chi connectivity index (χ2n) is 3.91. The summed E-state index contributed by atoms with van der Waals surface area (Å²) in [6.45, 7) is 0.100. The third-order valence-corrected chi connectivity index (χ3v) is 2.24. The molecule has 1 N–H and O–H groups in total. The quantitative estimate of drug-likeness (QED) is 0.740. The van der Waals surface area contributed by atoms with Crippen molar-refractivity contribution in [1.82, 2.24) is 10.3 Å². The van der Waals surface area contributed by atoms with Crippen molar-refractivity contribution < 1.29 is 22.6 Å². The number of hydrogen-bond donors (Lipinski definition) is 1. The summed E-state index contributed by atoms with van der Waals surface area (Å²) in [4.78, 5) is 4.04. The van der Waals surface area contributed by atoms with Crippen LogP contribution >= 0.6 is 0 Å². The van der Waals surface area contributed by atoms with Gasteiger partial charge in [-0.2, -0.15) is 13.2 Å². The first-order valence-electron chi connectivity index (χ1n) is 5.85. The molecule has 7 heteroatoms. The summed E-state index contributed by atoms with van der Waals surface area (Å²) in [6.07, 6.45) is -2.03. The summed E-state index contributed by atoms with van der Waals surface area (Å²) < 4.78 is 44.7. The van der Waals surface area contributed by atoms with Crippen molar-refractivity contribution in [2.24, 2.45) is 0 Å². The van der Waals surface area contributed by atoms with Crippen molar-refractivity contribution in [3.8, 4) is 5.88 Å². The zero-order valence-corrected chi connectivity index (χ0v) is 10.7. The number of halogens is 3. The molecular weight excluding hydrogens is 261 g/mol. The molecule has 0 aromatic carbocycles. The Balaban J connectivity index is 2.04. The van der Waals surface area contributed by atoms with Crippen LogP contribution in [0.25, 0.3) is 0 Å². The number of pyridine rings is 1. The predicted molar refractivity (Wildman–Crippen MR) is 64.0 cm³/mol. The molecule has 0 spiro atoms. The topological polar surface area (TPSA) is 43.4 Å². The van der Waals surface area contributed by atoms with E-state index in [1.807, 2.05) is 6.07 Å². The Morgan fingerprint density at radius 3 is 2.68 bits per heavy atom. The van der Waals surface area contributed by atoms with E-state index in [2.05, 4.69) is 15.0 Å². The fourth-order valence-corrected chi connectivity index (χ4v) is 1.36. The fraction of sp³-hybridized carbons (Fsp3) is 0.583. The molecule has 0 saturated heterocycles. The number of nitrogens with zero attached hydrogens (tertiary/aromatic N) is 1. The maximum Gasteiger partial charge on any atom is 0.411 e. The second-order valence-corrected chi connectivity index (χ2v) is 3.91. The van der Waals surface area contributed by atoms with Gasteiger partial charge in [0.25, 0.3) is 0 Å². The molecule has 0 aliphatic rings. The van der Waals surface area contributed by atoms with Crippen molar-refractivity contribution in [2.75, 3.05) is 26.9 Å². The average Bonchev–Trinajstić information content (AvgIpc) is 2.37. The highest BCUT2D eigenvalue weighted by atomic mass is 19.4. The molecular formula is C12H17F3N2O2. The normalized spacial score (nSPS) is 11.6. The van der Waals surface area contributed by atoms with Crippen molar-refractivity contribution in [2.45, 2.75) is 19.1 Å². The third-order valence-electron chi connectivity index (χ3n) is 2.24.